The first-order chi connectivity index (χ1) is 31.2. The molecule has 0 saturated heterocycles. The van der Waals surface area contributed by atoms with E-state index >= 15 is 0 Å². The Morgan fingerprint density at radius 2 is 0.857 bits per heavy atom. The first kappa shape index (κ1) is 34.5. The van der Waals surface area contributed by atoms with Crippen LogP contribution in [0.15, 0.2) is 199 Å². The van der Waals surface area contributed by atoms with Crippen LogP contribution in [-0.2, 0) is 0 Å². The van der Waals surface area contributed by atoms with Gasteiger partial charge < -0.3 is 8.98 Å². The molecule has 0 atom stereocenters. The molecule has 14 aromatic rings. The first-order valence-electron chi connectivity index (χ1n) is 21.2. The van der Waals surface area contributed by atoms with E-state index in [0.717, 1.165) is 66.1 Å². The summed E-state index contributed by atoms with van der Waals surface area (Å²) < 4.78 is 11.7. The molecule has 0 spiro atoms. The number of hydrogen-bond acceptors (Lipinski definition) is 5. The highest BCUT2D eigenvalue weighted by Crippen LogP contribution is 2.44. The Bertz CT molecular complexity index is 4130. The minimum absolute atomic E-state index is 0.581. The van der Waals surface area contributed by atoms with Gasteiger partial charge >= 0.3 is 0 Å². The summed E-state index contributed by atoms with van der Waals surface area (Å²) in [7, 11) is 0. The molecule has 10 aromatic carbocycles. The van der Waals surface area contributed by atoms with E-state index in [1.54, 1.807) is 0 Å². The van der Waals surface area contributed by atoms with Crippen molar-refractivity contribution in [2.24, 2.45) is 0 Å². The van der Waals surface area contributed by atoms with Crippen LogP contribution < -0.4 is 0 Å². The second-order valence-electron chi connectivity index (χ2n) is 16.4. The molecule has 0 aliphatic rings. The third-order valence-corrected chi connectivity index (χ3v) is 13.9. The molecule has 0 radical (unpaired) electrons. The minimum Gasteiger partial charge on any atom is -0.456 e. The van der Waals surface area contributed by atoms with Crippen LogP contribution in [0.1, 0.15) is 0 Å². The van der Waals surface area contributed by atoms with Crippen LogP contribution in [0.25, 0.3) is 136 Å². The summed E-state index contributed by atoms with van der Waals surface area (Å²) >= 11 is 1.81. The Labute approximate surface area is 363 Å². The van der Waals surface area contributed by atoms with Gasteiger partial charge in [-0.15, -0.1) is 11.3 Å². The molecule has 0 fully saturated rings. The molecule has 4 aromatic heterocycles. The van der Waals surface area contributed by atoms with E-state index in [2.05, 4.69) is 180 Å². The zero-order chi connectivity index (χ0) is 41.2. The van der Waals surface area contributed by atoms with Crippen LogP contribution in [0.5, 0.6) is 0 Å². The summed E-state index contributed by atoms with van der Waals surface area (Å²) in [6.07, 6.45) is 0. The Morgan fingerprint density at radius 1 is 0.349 bits per heavy atom. The maximum absolute atomic E-state index is 6.84. The molecule has 4 heterocycles. The summed E-state index contributed by atoms with van der Waals surface area (Å²) in [6.45, 7) is 0. The van der Waals surface area contributed by atoms with Crippen LogP contribution >= 0.6 is 11.3 Å². The molecule has 5 nitrogen and oxygen atoms in total. The second kappa shape index (κ2) is 13.2. The number of benzene rings is 10. The number of nitrogens with zero attached hydrogens (tertiary/aromatic N) is 4. The smallest absolute Gasteiger partial charge is 0.166 e. The normalized spacial score (nSPS) is 12.1. The van der Waals surface area contributed by atoms with Gasteiger partial charge in [-0.1, -0.05) is 121 Å². The third kappa shape index (κ3) is 5.32. The van der Waals surface area contributed by atoms with Crippen molar-refractivity contribution in [3.63, 3.8) is 0 Å². The lowest BCUT2D eigenvalue weighted by Crippen LogP contribution is -2.04. The molecule has 0 saturated carbocycles. The van der Waals surface area contributed by atoms with E-state index in [-0.39, 0.29) is 0 Å². The first-order valence-corrected chi connectivity index (χ1v) is 22.0. The average Bonchev–Trinajstić information content (AvgIpc) is 3.99. The lowest BCUT2D eigenvalue weighted by Gasteiger charge is -2.15. The van der Waals surface area contributed by atoms with E-state index in [0.29, 0.717) is 17.5 Å². The molecule has 63 heavy (non-hydrogen) atoms. The van der Waals surface area contributed by atoms with Crippen LogP contribution in [0, 0.1) is 0 Å². The van der Waals surface area contributed by atoms with Crippen molar-refractivity contribution in [2.75, 3.05) is 0 Å². The van der Waals surface area contributed by atoms with Crippen molar-refractivity contribution in [3.8, 4) is 39.9 Å². The Balaban J connectivity index is 1.12. The molecule has 0 N–H and O–H groups in total. The Morgan fingerprint density at radius 3 is 1.54 bits per heavy atom. The standard InChI is InChI=1S/C57H32N4OS/c1-2-12-33(13-3-1)55-58-56(40-22-23-54-46(27-40)41-20-10-11-21-53(41)63-54)60-57(59-55)47-31-45-44-26-36-16-6-9-19-39(36)30-51(44)62-52(45)32-50(47)61-48-28-37-17-7-4-14-34(37)24-42(48)43-25-35-15-5-8-18-38(35)29-49(43)61/h1-32H. The Kier molecular flexibility index (Phi) is 7.21. The SMILES string of the molecule is c1ccc(-c2nc(-c3ccc4sc5ccccc5c4c3)nc(-c3cc4c(cc3-n3c5cc6ccccc6cc5c5cc6ccccc6cc53)oc3cc5ccccc5cc34)n2)cc1. The highest BCUT2D eigenvalue weighted by atomic mass is 32.1. The predicted molar refractivity (Wildman–Crippen MR) is 263 cm³/mol. The van der Waals surface area contributed by atoms with Gasteiger partial charge in [0.2, 0.25) is 0 Å². The summed E-state index contributed by atoms with van der Waals surface area (Å²) in [5, 5.41) is 13.8. The summed E-state index contributed by atoms with van der Waals surface area (Å²) in [5.74, 6) is 1.81. The maximum Gasteiger partial charge on any atom is 0.166 e. The Hall–Kier alpha value is -8.19. The quantitative estimate of drug-likeness (QED) is 0.177. The van der Waals surface area contributed by atoms with Crippen molar-refractivity contribution < 1.29 is 4.42 Å². The average molecular weight is 821 g/mol. The van der Waals surface area contributed by atoms with Crippen molar-refractivity contribution >= 4 is 108 Å². The van der Waals surface area contributed by atoms with Crippen LogP contribution in [0.4, 0.5) is 0 Å². The number of aromatic nitrogens is 4. The highest BCUT2D eigenvalue weighted by molar-refractivity contribution is 7.25. The molecule has 0 aliphatic heterocycles. The zero-order valence-corrected chi connectivity index (χ0v) is 34.4. The van der Waals surface area contributed by atoms with E-state index in [1.165, 1.54) is 52.5 Å². The van der Waals surface area contributed by atoms with Crippen molar-refractivity contribution in [3.05, 3.63) is 194 Å². The number of fused-ring (bicyclic) bond motifs is 12. The molecule has 0 bridgehead atoms. The monoisotopic (exact) mass is 820 g/mol. The molecule has 292 valence electrons. The van der Waals surface area contributed by atoms with Gasteiger partial charge in [0.1, 0.15) is 11.2 Å². The van der Waals surface area contributed by atoms with Gasteiger partial charge in [0.05, 0.1) is 16.7 Å². The molecule has 0 aliphatic carbocycles. The van der Waals surface area contributed by atoms with Crippen molar-refractivity contribution in [2.45, 2.75) is 0 Å². The van der Waals surface area contributed by atoms with Gasteiger partial charge in [0.15, 0.2) is 17.5 Å². The van der Waals surface area contributed by atoms with Gasteiger partial charge in [-0.25, -0.2) is 15.0 Å². The van der Waals surface area contributed by atoms with E-state index < -0.39 is 0 Å². The number of furan rings is 1. The van der Waals surface area contributed by atoms with Gasteiger partial charge in [-0.2, -0.15) is 0 Å². The second-order valence-corrected chi connectivity index (χ2v) is 17.5. The maximum atomic E-state index is 6.84. The fraction of sp³-hybridized carbons (Fsp3) is 0. The molecule has 0 amide bonds. The molecule has 6 heteroatoms. The van der Waals surface area contributed by atoms with Gasteiger partial charge in [0.25, 0.3) is 0 Å². The fourth-order valence-electron chi connectivity index (χ4n) is 9.72. The molecular formula is C57H32N4OS. The van der Waals surface area contributed by atoms with Crippen molar-refractivity contribution in [1.29, 1.82) is 0 Å². The molecular weight excluding hydrogens is 789 g/mol. The minimum atomic E-state index is 0.581. The topological polar surface area (TPSA) is 56.7 Å². The van der Waals surface area contributed by atoms with Crippen molar-refractivity contribution in [1.82, 2.24) is 19.5 Å². The van der Waals surface area contributed by atoms with Crippen LogP contribution in [0.3, 0.4) is 0 Å². The third-order valence-electron chi connectivity index (χ3n) is 12.7. The largest absolute Gasteiger partial charge is 0.456 e. The fourth-order valence-corrected chi connectivity index (χ4v) is 10.8. The summed E-state index contributed by atoms with van der Waals surface area (Å²) in [6, 6.07) is 69.3. The van der Waals surface area contributed by atoms with E-state index in [9.17, 15) is 0 Å². The van der Waals surface area contributed by atoms with E-state index in [4.69, 9.17) is 19.4 Å². The lowest BCUT2D eigenvalue weighted by molar-refractivity contribution is 0.669. The van der Waals surface area contributed by atoms with Gasteiger partial charge in [-0.3, -0.25) is 0 Å². The van der Waals surface area contributed by atoms with Gasteiger partial charge in [0, 0.05) is 64.5 Å². The summed E-state index contributed by atoms with van der Waals surface area (Å²) in [4.78, 5) is 16.1. The molecule has 0 unspecified atom stereocenters. The van der Waals surface area contributed by atoms with Gasteiger partial charge in [-0.05, 0) is 99.0 Å². The lowest BCUT2D eigenvalue weighted by atomic mass is 10.0. The predicted octanol–water partition coefficient (Wildman–Crippen LogP) is 15.7. The number of rotatable bonds is 4. The summed E-state index contributed by atoms with van der Waals surface area (Å²) in [5.41, 5.74) is 7.47. The van der Waals surface area contributed by atoms with Crippen LogP contribution in [-0.4, -0.2) is 19.5 Å². The highest BCUT2D eigenvalue weighted by Gasteiger charge is 2.23. The molecule has 14 rings (SSSR count). The van der Waals surface area contributed by atoms with Crippen LogP contribution in [0.2, 0.25) is 0 Å². The number of thiophene rings is 1. The van der Waals surface area contributed by atoms with E-state index in [1.807, 2.05) is 29.5 Å². The zero-order valence-electron chi connectivity index (χ0n) is 33.6. The number of hydrogen-bond donors (Lipinski definition) is 0.